The van der Waals surface area contributed by atoms with Crippen molar-refractivity contribution in [2.75, 3.05) is 0 Å². The third-order valence-electron chi connectivity index (χ3n) is 6.29. The summed E-state index contributed by atoms with van der Waals surface area (Å²) in [6.45, 7) is 15.2. The van der Waals surface area contributed by atoms with Crippen molar-refractivity contribution < 1.29 is 19.1 Å². The highest BCUT2D eigenvalue weighted by Gasteiger charge is 2.43. The molecule has 202 valence electrons. The molecule has 7 heteroatoms. The molecule has 2 N–H and O–H groups in total. The normalized spacial score (nSPS) is 13.4. The fourth-order valence-corrected chi connectivity index (χ4v) is 3.98. The van der Waals surface area contributed by atoms with E-state index in [2.05, 4.69) is 10.6 Å². The second-order valence-corrected chi connectivity index (χ2v) is 11.3. The van der Waals surface area contributed by atoms with Gasteiger partial charge in [-0.05, 0) is 58.1 Å². The van der Waals surface area contributed by atoms with E-state index in [0.717, 1.165) is 5.56 Å². The Balaban J connectivity index is 2.50. The summed E-state index contributed by atoms with van der Waals surface area (Å²) in [4.78, 5) is 42.4. The zero-order chi connectivity index (χ0) is 27.8. The fraction of sp³-hybridized carbons (Fsp3) is 0.500. The maximum atomic E-state index is 14.3. The van der Waals surface area contributed by atoms with Gasteiger partial charge in [0.15, 0.2) is 0 Å². The lowest BCUT2D eigenvalue weighted by molar-refractivity contribution is -0.150. The zero-order valence-corrected chi connectivity index (χ0v) is 23.5. The van der Waals surface area contributed by atoms with Crippen LogP contribution in [0.5, 0.6) is 0 Å². The van der Waals surface area contributed by atoms with E-state index in [4.69, 9.17) is 4.74 Å². The standard InChI is InChI=1S/C30H43N3O4/c1-9-30(7,8)33(27(35)24(21(2)3)32-28(36)37-29(4,5)6)25(23-18-14-11-15-19-23)26(34)31-20-22-16-12-10-13-17-22/h10-19,21,24-25H,9,20H2,1-8H3,(H,31,34)(H,32,36). The van der Waals surface area contributed by atoms with Gasteiger partial charge in [0.25, 0.3) is 0 Å². The van der Waals surface area contributed by atoms with Gasteiger partial charge in [-0.15, -0.1) is 0 Å². The van der Waals surface area contributed by atoms with Crippen LogP contribution in [0.2, 0.25) is 0 Å². The minimum Gasteiger partial charge on any atom is -0.444 e. The lowest BCUT2D eigenvalue weighted by Crippen LogP contribution is -2.60. The summed E-state index contributed by atoms with van der Waals surface area (Å²) in [5.41, 5.74) is 0.260. The number of amides is 3. The summed E-state index contributed by atoms with van der Waals surface area (Å²) >= 11 is 0. The van der Waals surface area contributed by atoms with Gasteiger partial charge in [0.1, 0.15) is 17.7 Å². The van der Waals surface area contributed by atoms with Crippen LogP contribution in [-0.2, 0) is 20.9 Å². The van der Waals surface area contributed by atoms with E-state index >= 15 is 0 Å². The number of nitrogens with one attached hydrogen (secondary N) is 2. The molecule has 7 nitrogen and oxygen atoms in total. The molecule has 0 heterocycles. The number of ether oxygens (including phenoxy) is 1. The van der Waals surface area contributed by atoms with E-state index < -0.39 is 29.3 Å². The van der Waals surface area contributed by atoms with Gasteiger partial charge in [-0.3, -0.25) is 9.59 Å². The first-order chi connectivity index (χ1) is 17.3. The molecule has 0 spiro atoms. The molecule has 0 radical (unpaired) electrons. The highest BCUT2D eigenvalue weighted by atomic mass is 16.6. The van der Waals surface area contributed by atoms with E-state index in [-0.39, 0.29) is 17.7 Å². The third kappa shape index (κ3) is 8.62. The molecule has 2 rings (SSSR count). The van der Waals surface area contributed by atoms with Gasteiger partial charge in [-0.1, -0.05) is 81.4 Å². The van der Waals surface area contributed by atoms with E-state index in [0.29, 0.717) is 18.5 Å². The second kappa shape index (κ2) is 12.7. The largest absolute Gasteiger partial charge is 0.444 e. The molecule has 0 aliphatic rings. The fourth-order valence-electron chi connectivity index (χ4n) is 3.98. The van der Waals surface area contributed by atoms with Gasteiger partial charge in [0.05, 0.1) is 0 Å². The molecule has 2 unspecified atom stereocenters. The van der Waals surface area contributed by atoms with Crippen LogP contribution in [0.4, 0.5) is 4.79 Å². The third-order valence-corrected chi connectivity index (χ3v) is 6.29. The molecular formula is C30H43N3O4. The molecule has 0 fully saturated rings. The molecular weight excluding hydrogens is 466 g/mol. The molecule has 3 amide bonds. The van der Waals surface area contributed by atoms with Crippen LogP contribution in [0.15, 0.2) is 60.7 Å². The molecule has 37 heavy (non-hydrogen) atoms. The van der Waals surface area contributed by atoms with E-state index in [1.165, 1.54) is 0 Å². The van der Waals surface area contributed by atoms with Crippen LogP contribution >= 0.6 is 0 Å². The number of rotatable bonds is 10. The number of carbonyl (C=O) groups excluding carboxylic acids is 3. The molecule has 0 aliphatic carbocycles. The van der Waals surface area contributed by atoms with Crippen molar-refractivity contribution in [1.82, 2.24) is 15.5 Å². The van der Waals surface area contributed by atoms with E-state index in [1.807, 2.05) is 95.3 Å². The first-order valence-electron chi connectivity index (χ1n) is 13.0. The highest BCUT2D eigenvalue weighted by molar-refractivity contribution is 5.92. The average molecular weight is 510 g/mol. The average Bonchev–Trinajstić information content (AvgIpc) is 2.83. The molecule has 0 aliphatic heterocycles. The minimum absolute atomic E-state index is 0.237. The van der Waals surface area contributed by atoms with E-state index in [9.17, 15) is 14.4 Å². The van der Waals surface area contributed by atoms with Crippen molar-refractivity contribution >= 4 is 17.9 Å². The van der Waals surface area contributed by atoms with Gasteiger partial charge >= 0.3 is 6.09 Å². The summed E-state index contributed by atoms with van der Waals surface area (Å²) in [5.74, 6) is -0.861. The van der Waals surface area contributed by atoms with Crippen molar-refractivity contribution in [2.24, 2.45) is 5.92 Å². The van der Waals surface area contributed by atoms with Crippen molar-refractivity contribution in [3.63, 3.8) is 0 Å². The molecule has 0 saturated heterocycles. The van der Waals surface area contributed by atoms with Crippen LogP contribution in [0, 0.1) is 5.92 Å². The monoisotopic (exact) mass is 509 g/mol. The smallest absolute Gasteiger partial charge is 0.408 e. The Morgan fingerprint density at radius 1 is 0.892 bits per heavy atom. The topological polar surface area (TPSA) is 87.7 Å². The lowest BCUT2D eigenvalue weighted by Gasteiger charge is -2.45. The van der Waals surface area contributed by atoms with Crippen molar-refractivity contribution in [3.8, 4) is 0 Å². The number of nitrogens with zero attached hydrogens (tertiary/aromatic N) is 1. The van der Waals surface area contributed by atoms with E-state index in [1.54, 1.807) is 25.7 Å². The maximum absolute atomic E-state index is 14.3. The Morgan fingerprint density at radius 2 is 1.43 bits per heavy atom. The first-order valence-corrected chi connectivity index (χ1v) is 13.0. The lowest BCUT2D eigenvalue weighted by atomic mass is 9.90. The zero-order valence-electron chi connectivity index (χ0n) is 23.5. The molecule has 2 aromatic rings. The summed E-state index contributed by atoms with van der Waals surface area (Å²) < 4.78 is 5.44. The second-order valence-electron chi connectivity index (χ2n) is 11.3. The predicted molar refractivity (Wildman–Crippen MR) is 147 cm³/mol. The van der Waals surface area contributed by atoms with Crippen LogP contribution in [-0.4, -0.2) is 40.0 Å². The molecule has 2 atom stereocenters. The molecule has 0 bridgehead atoms. The number of hydrogen-bond acceptors (Lipinski definition) is 4. The van der Waals surface area contributed by atoms with Crippen molar-refractivity contribution in [2.45, 2.75) is 91.6 Å². The Hall–Kier alpha value is -3.35. The number of hydrogen-bond donors (Lipinski definition) is 2. The van der Waals surface area contributed by atoms with Gasteiger partial charge < -0.3 is 20.3 Å². The first kappa shape index (κ1) is 29.9. The SMILES string of the molecule is CCC(C)(C)N(C(=O)C(NC(=O)OC(C)(C)C)C(C)C)C(C(=O)NCc1ccccc1)c1ccccc1. The van der Waals surface area contributed by atoms with Crippen LogP contribution in [0.25, 0.3) is 0 Å². The number of carbonyl (C=O) groups is 3. The maximum Gasteiger partial charge on any atom is 0.408 e. The Labute approximate surface area is 222 Å². The molecule has 2 aromatic carbocycles. The van der Waals surface area contributed by atoms with Crippen LogP contribution in [0.3, 0.4) is 0 Å². The van der Waals surface area contributed by atoms with Crippen LogP contribution in [0.1, 0.15) is 79.0 Å². The van der Waals surface area contributed by atoms with Crippen molar-refractivity contribution in [1.29, 1.82) is 0 Å². The number of benzene rings is 2. The van der Waals surface area contributed by atoms with Crippen LogP contribution < -0.4 is 10.6 Å². The van der Waals surface area contributed by atoms with Crippen molar-refractivity contribution in [3.05, 3.63) is 71.8 Å². The molecule has 0 aromatic heterocycles. The van der Waals surface area contributed by atoms with Gasteiger partial charge in [0, 0.05) is 12.1 Å². The van der Waals surface area contributed by atoms with Gasteiger partial charge in [-0.2, -0.15) is 0 Å². The van der Waals surface area contributed by atoms with Gasteiger partial charge in [-0.25, -0.2) is 4.79 Å². The summed E-state index contributed by atoms with van der Waals surface area (Å²) in [6.07, 6.45) is -0.0655. The Morgan fingerprint density at radius 3 is 1.92 bits per heavy atom. The minimum atomic E-state index is -0.894. The highest BCUT2D eigenvalue weighted by Crippen LogP contribution is 2.33. The summed E-state index contributed by atoms with van der Waals surface area (Å²) in [5, 5.41) is 5.79. The molecule has 0 saturated carbocycles. The summed E-state index contributed by atoms with van der Waals surface area (Å²) in [6, 6.07) is 17.2. The summed E-state index contributed by atoms with van der Waals surface area (Å²) in [7, 11) is 0. The quantitative estimate of drug-likeness (QED) is 0.436. The van der Waals surface area contributed by atoms with Gasteiger partial charge in [0.2, 0.25) is 11.8 Å². The predicted octanol–water partition coefficient (Wildman–Crippen LogP) is 5.61. The Bertz CT molecular complexity index is 1030. The Kier molecular flexibility index (Phi) is 10.3. The number of alkyl carbamates (subject to hydrolysis) is 1.